The molecule has 25 heavy (non-hydrogen) atoms. The summed E-state index contributed by atoms with van der Waals surface area (Å²) >= 11 is 0. The third kappa shape index (κ3) is 4.70. The molecule has 6 heteroatoms. The maximum absolute atomic E-state index is 10.9. The van der Waals surface area contributed by atoms with Crippen LogP contribution in [-0.4, -0.2) is 28.0 Å². The zero-order valence-electron chi connectivity index (χ0n) is 14.1. The molecule has 0 unspecified atom stereocenters. The summed E-state index contributed by atoms with van der Waals surface area (Å²) in [6.45, 7) is 3.75. The molecule has 1 saturated heterocycles. The lowest BCUT2D eigenvalue weighted by molar-refractivity contribution is -0.385. The van der Waals surface area contributed by atoms with Gasteiger partial charge in [-0.3, -0.25) is 15.0 Å². The van der Waals surface area contributed by atoms with Crippen LogP contribution in [0.15, 0.2) is 42.5 Å². The van der Waals surface area contributed by atoms with Gasteiger partial charge in [0, 0.05) is 24.8 Å². The van der Waals surface area contributed by atoms with Crippen LogP contribution in [0.2, 0.25) is 0 Å². The number of phenols is 1. The van der Waals surface area contributed by atoms with Crippen LogP contribution in [0, 0.1) is 10.1 Å². The molecule has 2 N–H and O–H groups in total. The highest BCUT2D eigenvalue weighted by Gasteiger charge is 2.13. The van der Waals surface area contributed by atoms with Gasteiger partial charge in [-0.05, 0) is 55.3 Å². The zero-order chi connectivity index (χ0) is 17.6. The second kappa shape index (κ2) is 7.98. The Kier molecular flexibility index (Phi) is 5.50. The molecule has 132 valence electrons. The molecule has 1 heterocycles. The number of nitrogens with one attached hydrogen (secondary N) is 1. The van der Waals surface area contributed by atoms with Gasteiger partial charge in [-0.1, -0.05) is 24.6 Å². The number of benzene rings is 2. The molecule has 1 fully saturated rings. The standard InChI is InChI=1S/C19H23N3O3/c23-19-8-7-15(12-18(19)22(24)25)13-20-17-6-4-5-16(11-17)14-21-9-2-1-3-10-21/h4-8,11-12,20,23H,1-3,9-10,13-14H2. The minimum Gasteiger partial charge on any atom is -0.502 e. The third-order valence-electron chi connectivity index (χ3n) is 4.52. The van der Waals surface area contributed by atoms with Crippen LogP contribution in [0.4, 0.5) is 11.4 Å². The highest BCUT2D eigenvalue weighted by Crippen LogP contribution is 2.26. The van der Waals surface area contributed by atoms with Gasteiger partial charge in [-0.2, -0.15) is 0 Å². The third-order valence-corrected chi connectivity index (χ3v) is 4.52. The lowest BCUT2D eigenvalue weighted by atomic mass is 10.1. The number of hydrogen-bond acceptors (Lipinski definition) is 5. The van der Waals surface area contributed by atoms with Crippen molar-refractivity contribution in [2.45, 2.75) is 32.4 Å². The van der Waals surface area contributed by atoms with Gasteiger partial charge in [0.25, 0.3) is 0 Å². The van der Waals surface area contributed by atoms with Crippen molar-refractivity contribution in [1.29, 1.82) is 0 Å². The highest BCUT2D eigenvalue weighted by molar-refractivity contribution is 5.50. The first kappa shape index (κ1) is 17.2. The van der Waals surface area contributed by atoms with E-state index in [0.29, 0.717) is 6.54 Å². The van der Waals surface area contributed by atoms with Crippen LogP contribution < -0.4 is 5.32 Å². The first-order chi connectivity index (χ1) is 12.1. The van der Waals surface area contributed by atoms with Gasteiger partial charge in [-0.15, -0.1) is 0 Å². The minimum atomic E-state index is -0.571. The fourth-order valence-corrected chi connectivity index (χ4v) is 3.18. The van der Waals surface area contributed by atoms with Crippen molar-refractivity contribution >= 4 is 11.4 Å². The SMILES string of the molecule is O=[N+]([O-])c1cc(CNc2cccc(CN3CCCCC3)c2)ccc1O. The fraction of sp³-hybridized carbons (Fsp3) is 0.368. The van der Waals surface area contributed by atoms with E-state index in [0.717, 1.165) is 30.9 Å². The molecule has 1 aliphatic rings. The van der Waals surface area contributed by atoms with E-state index in [-0.39, 0.29) is 11.4 Å². The number of nitrogens with zero attached hydrogens (tertiary/aromatic N) is 2. The molecular weight excluding hydrogens is 318 g/mol. The molecule has 0 bridgehead atoms. The summed E-state index contributed by atoms with van der Waals surface area (Å²) in [4.78, 5) is 12.8. The summed E-state index contributed by atoms with van der Waals surface area (Å²) in [6, 6.07) is 12.7. The Morgan fingerprint density at radius 3 is 2.64 bits per heavy atom. The van der Waals surface area contributed by atoms with Crippen LogP contribution in [0.3, 0.4) is 0 Å². The Bertz CT molecular complexity index is 742. The summed E-state index contributed by atoms with van der Waals surface area (Å²) in [7, 11) is 0. The van der Waals surface area contributed by atoms with E-state index < -0.39 is 4.92 Å². The van der Waals surface area contributed by atoms with Crippen molar-refractivity contribution in [3.05, 3.63) is 63.7 Å². The topological polar surface area (TPSA) is 78.6 Å². The van der Waals surface area contributed by atoms with Gasteiger partial charge in [0.1, 0.15) is 0 Å². The number of aromatic hydroxyl groups is 1. The summed E-state index contributed by atoms with van der Waals surface area (Å²) < 4.78 is 0. The molecule has 6 nitrogen and oxygen atoms in total. The van der Waals surface area contributed by atoms with Crippen molar-refractivity contribution in [2.75, 3.05) is 18.4 Å². The molecule has 0 spiro atoms. The molecule has 0 aliphatic carbocycles. The van der Waals surface area contributed by atoms with E-state index in [4.69, 9.17) is 0 Å². The predicted molar refractivity (Wildman–Crippen MR) is 97.7 cm³/mol. The van der Waals surface area contributed by atoms with E-state index in [1.54, 1.807) is 6.07 Å². The largest absolute Gasteiger partial charge is 0.502 e. The molecule has 0 saturated carbocycles. The van der Waals surface area contributed by atoms with Crippen molar-refractivity contribution in [3.8, 4) is 5.75 Å². The predicted octanol–water partition coefficient (Wildman–Crippen LogP) is 3.90. The molecular formula is C19H23N3O3. The van der Waals surface area contributed by atoms with Crippen LogP contribution in [0.5, 0.6) is 5.75 Å². The smallest absolute Gasteiger partial charge is 0.311 e. The zero-order valence-corrected chi connectivity index (χ0v) is 14.1. The molecule has 3 rings (SSSR count). The van der Waals surface area contributed by atoms with E-state index in [1.165, 1.54) is 37.0 Å². The van der Waals surface area contributed by atoms with Gasteiger partial charge in [0.05, 0.1) is 4.92 Å². The van der Waals surface area contributed by atoms with E-state index in [1.807, 2.05) is 12.1 Å². The first-order valence-electron chi connectivity index (χ1n) is 8.63. The van der Waals surface area contributed by atoms with E-state index in [2.05, 4.69) is 22.3 Å². The normalized spacial score (nSPS) is 15.0. The Morgan fingerprint density at radius 2 is 1.88 bits per heavy atom. The Balaban J connectivity index is 1.62. The van der Waals surface area contributed by atoms with Crippen molar-refractivity contribution in [3.63, 3.8) is 0 Å². The summed E-state index contributed by atoms with van der Waals surface area (Å²) in [5, 5.41) is 23.7. The molecule has 2 aromatic rings. The quantitative estimate of drug-likeness (QED) is 0.615. The van der Waals surface area contributed by atoms with Gasteiger partial charge in [0.2, 0.25) is 0 Å². The lowest BCUT2D eigenvalue weighted by Crippen LogP contribution is -2.29. The van der Waals surface area contributed by atoms with Crippen LogP contribution >= 0.6 is 0 Å². The van der Waals surface area contributed by atoms with Gasteiger partial charge in [-0.25, -0.2) is 0 Å². The molecule has 0 radical (unpaired) electrons. The van der Waals surface area contributed by atoms with Crippen molar-refractivity contribution < 1.29 is 10.0 Å². The second-order valence-electron chi connectivity index (χ2n) is 6.47. The van der Waals surface area contributed by atoms with Crippen molar-refractivity contribution in [2.24, 2.45) is 0 Å². The molecule has 1 aliphatic heterocycles. The lowest BCUT2D eigenvalue weighted by Gasteiger charge is -2.26. The minimum absolute atomic E-state index is 0.266. The average Bonchev–Trinajstić information content (AvgIpc) is 2.62. The van der Waals surface area contributed by atoms with Crippen LogP contribution in [0.25, 0.3) is 0 Å². The molecule has 0 aromatic heterocycles. The number of piperidine rings is 1. The number of nitro groups is 1. The number of nitro benzene ring substituents is 1. The Labute approximate surface area is 147 Å². The molecule has 0 atom stereocenters. The van der Waals surface area contributed by atoms with E-state index in [9.17, 15) is 15.2 Å². The summed E-state index contributed by atoms with van der Waals surface area (Å²) in [6.07, 6.45) is 3.88. The number of rotatable bonds is 6. The number of anilines is 1. The van der Waals surface area contributed by atoms with E-state index >= 15 is 0 Å². The van der Waals surface area contributed by atoms with Gasteiger partial charge >= 0.3 is 5.69 Å². The molecule has 0 amide bonds. The second-order valence-corrected chi connectivity index (χ2v) is 6.47. The number of likely N-dealkylation sites (tertiary alicyclic amines) is 1. The Hall–Kier alpha value is -2.60. The maximum atomic E-state index is 10.9. The number of phenolic OH excluding ortho intramolecular Hbond substituents is 1. The van der Waals surface area contributed by atoms with Crippen LogP contribution in [0.1, 0.15) is 30.4 Å². The average molecular weight is 341 g/mol. The fourth-order valence-electron chi connectivity index (χ4n) is 3.18. The number of hydrogen-bond donors (Lipinski definition) is 2. The molecule has 2 aromatic carbocycles. The Morgan fingerprint density at radius 1 is 1.08 bits per heavy atom. The maximum Gasteiger partial charge on any atom is 0.311 e. The monoisotopic (exact) mass is 341 g/mol. The van der Waals surface area contributed by atoms with Crippen LogP contribution in [-0.2, 0) is 13.1 Å². The van der Waals surface area contributed by atoms with Gasteiger partial charge in [0.15, 0.2) is 5.75 Å². The highest BCUT2D eigenvalue weighted by atomic mass is 16.6. The summed E-state index contributed by atoms with van der Waals surface area (Å²) in [5.74, 6) is -0.308. The van der Waals surface area contributed by atoms with Gasteiger partial charge < -0.3 is 10.4 Å². The summed E-state index contributed by atoms with van der Waals surface area (Å²) in [5.41, 5.74) is 2.75. The van der Waals surface area contributed by atoms with Crippen molar-refractivity contribution in [1.82, 2.24) is 4.90 Å². The first-order valence-corrected chi connectivity index (χ1v) is 8.63.